The van der Waals surface area contributed by atoms with E-state index in [1.54, 1.807) is 13.3 Å². The van der Waals surface area contributed by atoms with Gasteiger partial charge in [0.05, 0.1) is 13.7 Å². The number of carbonyl (C=O) groups is 1. The van der Waals surface area contributed by atoms with Gasteiger partial charge in [0.2, 0.25) is 0 Å². The third-order valence-electron chi connectivity index (χ3n) is 1.20. The summed E-state index contributed by atoms with van der Waals surface area (Å²) in [6.07, 6.45) is 1.28. The molecule has 0 saturated heterocycles. The third kappa shape index (κ3) is 6.51. The molecule has 0 aliphatic heterocycles. The average Bonchev–Trinajstić information content (AvgIpc) is 2.00. The van der Waals surface area contributed by atoms with Crippen LogP contribution in [0.2, 0.25) is 0 Å². The molecule has 0 aromatic heterocycles. The van der Waals surface area contributed by atoms with Crippen molar-refractivity contribution in [3.8, 4) is 0 Å². The van der Waals surface area contributed by atoms with Gasteiger partial charge in [0, 0.05) is 12.5 Å². The van der Waals surface area contributed by atoms with E-state index in [0.29, 0.717) is 5.06 Å². The van der Waals surface area contributed by atoms with Crippen LogP contribution in [0.1, 0.15) is 0 Å². The van der Waals surface area contributed by atoms with Crippen molar-refractivity contribution in [3.63, 3.8) is 0 Å². The first-order chi connectivity index (χ1) is 5.87. The molecule has 0 spiro atoms. The zero-order valence-corrected chi connectivity index (χ0v) is 8.75. The summed E-state index contributed by atoms with van der Waals surface area (Å²) < 4.78 is 11.2. The average molecular weight is 206 g/mol. The first kappa shape index (κ1) is 12.4. The number of carbonyl (C=O) groups excluding carboxylic acids is 1. The molecule has 0 aliphatic carbocycles. The van der Waals surface area contributed by atoms with Crippen molar-refractivity contribution in [1.82, 2.24) is 10.4 Å². The molecule has 0 unspecified atom stereocenters. The van der Waals surface area contributed by atoms with Crippen LogP contribution in [0.25, 0.3) is 0 Å². The summed E-state index contributed by atoms with van der Waals surface area (Å²) in [5, 5.41) is 11.9. The molecule has 1 amide bonds. The van der Waals surface area contributed by atoms with E-state index in [4.69, 9.17) is 5.21 Å². The molecular weight excluding hydrogens is 191 g/mol. The normalized spacial score (nSPS) is 11.0. The molecule has 0 bridgehead atoms. The van der Waals surface area contributed by atoms with E-state index in [0.717, 1.165) is 6.20 Å². The van der Waals surface area contributed by atoms with Gasteiger partial charge in [-0.15, -0.1) is 0 Å². The van der Waals surface area contributed by atoms with Gasteiger partial charge in [-0.25, -0.2) is 0 Å². The van der Waals surface area contributed by atoms with Crippen LogP contribution in [0.4, 0.5) is 0 Å². The fraction of sp³-hybridized carbons (Fsp3) is 0.571. The summed E-state index contributed by atoms with van der Waals surface area (Å²) >= 11 is 0. The quantitative estimate of drug-likeness (QED) is 0.391. The zero-order chi connectivity index (χ0) is 10.5. The van der Waals surface area contributed by atoms with Crippen LogP contribution < -0.4 is 5.32 Å². The summed E-state index contributed by atoms with van der Waals surface area (Å²) in [7, 11) is -2.15. The van der Waals surface area contributed by atoms with Crippen molar-refractivity contribution in [2.45, 2.75) is 0 Å². The number of hydrogen-bond acceptors (Lipinski definition) is 4. The molecule has 0 saturated carbocycles. The molecule has 0 atom stereocenters. The lowest BCUT2D eigenvalue weighted by Gasteiger charge is -2.11. The van der Waals surface area contributed by atoms with E-state index < -0.39 is 13.0 Å². The summed E-state index contributed by atoms with van der Waals surface area (Å²) in [6.45, 7) is 6.40. The standard InChI is InChI=1S/C7H15N2O3P/c1-4-9(11)7(10)5-8-6-13(2,3)12/h4,8,11H,1,5-6H2,2-3H3. The fourth-order valence-corrected chi connectivity index (χ4v) is 1.27. The van der Waals surface area contributed by atoms with E-state index in [1.807, 2.05) is 0 Å². The topological polar surface area (TPSA) is 69.6 Å². The van der Waals surface area contributed by atoms with Gasteiger partial charge in [-0.05, 0) is 13.3 Å². The lowest BCUT2D eigenvalue weighted by atomic mass is 10.6. The van der Waals surface area contributed by atoms with Gasteiger partial charge < -0.3 is 9.88 Å². The van der Waals surface area contributed by atoms with Crippen LogP contribution in [0.15, 0.2) is 12.8 Å². The van der Waals surface area contributed by atoms with Crippen LogP contribution in [0, 0.1) is 0 Å². The second-order valence-electron chi connectivity index (χ2n) is 3.08. The molecule has 0 rings (SSSR count). The summed E-state index contributed by atoms with van der Waals surface area (Å²) in [6, 6.07) is 0. The smallest absolute Gasteiger partial charge is 0.264 e. The highest BCUT2D eigenvalue weighted by Gasteiger charge is 2.10. The number of nitrogens with zero attached hydrogens (tertiary/aromatic N) is 1. The highest BCUT2D eigenvalue weighted by molar-refractivity contribution is 7.62. The predicted octanol–water partition coefficient (Wildman–Crippen LogP) is 0.517. The molecule has 0 radical (unpaired) electrons. The Bertz CT molecular complexity index is 236. The highest BCUT2D eigenvalue weighted by atomic mass is 31.2. The van der Waals surface area contributed by atoms with Crippen LogP contribution in [0.5, 0.6) is 0 Å². The Morgan fingerprint density at radius 3 is 2.62 bits per heavy atom. The Kier molecular flexibility index (Phi) is 4.91. The van der Waals surface area contributed by atoms with Crippen molar-refractivity contribution < 1.29 is 14.6 Å². The van der Waals surface area contributed by atoms with Gasteiger partial charge in [-0.1, -0.05) is 6.58 Å². The van der Waals surface area contributed by atoms with Gasteiger partial charge >= 0.3 is 0 Å². The summed E-state index contributed by atoms with van der Waals surface area (Å²) in [5.74, 6) is -0.525. The molecular formula is C7H15N2O3P. The minimum Gasteiger partial charge on any atom is -0.323 e. The lowest BCUT2D eigenvalue weighted by Crippen LogP contribution is -2.32. The van der Waals surface area contributed by atoms with Gasteiger partial charge in [-0.3, -0.25) is 10.0 Å². The molecule has 0 heterocycles. The third-order valence-corrected chi connectivity index (χ3v) is 2.18. The van der Waals surface area contributed by atoms with Crippen molar-refractivity contribution in [3.05, 3.63) is 12.8 Å². The lowest BCUT2D eigenvalue weighted by molar-refractivity contribution is -0.152. The number of rotatable bonds is 5. The Morgan fingerprint density at radius 1 is 1.69 bits per heavy atom. The molecule has 13 heavy (non-hydrogen) atoms. The maximum atomic E-state index is 11.2. The van der Waals surface area contributed by atoms with E-state index in [9.17, 15) is 9.36 Å². The van der Waals surface area contributed by atoms with E-state index in [-0.39, 0.29) is 12.8 Å². The number of hydroxylamine groups is 2. The number of nitrogens with one attached hydrogen (secondary N) is 1. The molecule has 0 aromatic carbocycles. The molecule has 0 aromatic rings. The number of hydrogen-bond donors (Lipinski definition) is 2. The van der Waals surface area contributed by atoms with Crippen LogP contribution in [0.3, 0.4) is 0 Å². The van der Waals surface area contributed by atoms with E-state index >= 15 is 0 Å². The summed E-state index contributed by atoms with van der Waals surface area (Å²) in [4.78, 5) is 10.9. The van der Waals surface area contributed by atoms with Crippen molar-refractivity contribution in [1.29, 1.82) is 0 Å². The van der Waals surface area contributed by atoms with Crippen LogP contribution >= 0.6 is 7.14 Å². The van der Waals surface area contributed by atoms with E-state index in [2.05, 4.69) is 11.9 Å². The highest BCUT2D eigenvalue weighted by Crippen LogP contribution is 2.33. The molecule has 0 aliphatic rings. The van der Waals surface area contributed by atoms with Crippen molar-refractivity contribution in [2.24, 2.45) is 0 Å². The first-order valence-corrected chi connectivity index (χ1v) is 6.53. The molecule has 5 nitrogen and oxygen atoms in total. The second-order valence-corrected chi connectivity index (χ2v) is 6.54. The van der Waals surface area contributed by atoms with Crippen molar-refractivity contribution in [2.75, 3.05) is 26.2 Å². The van der Waals surface area contributed by atoms with Crippen LogP contribution in [-0.2, 0) is 9.36 Å². The monoisotopic (exact) mass is 206 g/mol. The molecule has 76 valence electrons. The summed E-state index contributed by atoms with van der Waals surface area (Å²) in [5.41, 5.74) is 0. The minimum atomic E-state index is -2.15. The largest absolute Gasteiger partial charge is 0.323 e. The minimum absolute atomic E-state index is 0.0474. The van der Waals surface area contributed by atoms with Crippen molar-refractivity contribution >= 4 is 13.0 Å². The molecule has 2 N–H and O–H groups in total. The maximum Gasteiger partial charge on any atom is 0.264 e. The Balaban J connectivity index is 3.72. The van der Waals surface area contributed by atoms with Crippen LogP contribution in [-0.4, -0.2) is 42.3 Å². The first-order valence-electron chi connectivity index (χ1n) is 3.75. The maximum absolute atomic E-state index is 11.2. The number of amides is 1. The molecule has 6 heteroatoms. The second kappa shape index (κ2) is 5.17. The SMILES string of the molecule is C=CN(O)C(=O)CNCP(C)(C)=O. The zero-order valence-electron chi connectivity index (χ0n) is 7.86. The van der Waals surface area contributed by atoms with Gasteiger partial charge in [-0.2, -0.15) is 5.06 Å². The van der Waals surface area contributed by atoms with E-state index in [1.165, 1.54) is 0 Å². The Morgan fingerprint density at radius 2 is 2.23 bits per heavy atom. The Labute approximate surface area is 77.7 Å². The van der Waals surface area contributed by atoms with Gasteiger partial charge in [0.25, 0.3) is 5.91 Å². The molecule has 0 fully saturated rings. The fourth-order valence-electron chi connectivity index (χ4n) is 0.615. The van der Waals surface area contributed by atoms with Gasteiger partial charge in [0.15, 0.2) is 0 Å². The predicted molar refractivity (Wildman–Crippen MR) is 51.2 cm³/mol. The Hall–Kier alpha value is -0.640. The van der Waals surface area contributed by atoms with Gasteiger partial charge in [0.1, 0.15) is 0 Å².